The number of carbonyl (C=O) groups excluding carboxylic acids is 2. The topological polar surface area (TPSA) is 84.7 Å². The Kier molecular flexibility index (Phi) is 7.25. The van der Waals surface area contributed by atoms with Crippen molar-refractivity contribution in [1.82, 2.24) is 10.2 Å². The van der Waals surface area contributed by atoms with Gasteiger partial charge in [0, 0.05) is 30.6 Å². The molecular weight excluding hydrogens is 362 g/mol. The van der Waals surface area contributed by atoms with E-state index in [2.05, 4.69) is 5.32 Å². The monoisotopic (exact) mass is 387 g/mol. The van der Waals surface area contributed by atoms with Gasteiger partial charge in [-0.15, -0.1) is 23.7 Å². The first kappa shape index (κ1) is 20.2. The largest absolute Gasteiger partial charge is 0.364 e. The molecule has 1 aromatic heterocycles. The smallest absolute Gasteiger partial charge is 0.261 e. The van der Waals surface area contributed by atoms with Crippen LogP contribution in [-0.2, 0) is 9.53 Å². The molecule has 3 rings (SSSR count). The number of nitrogens with one attached hydrogen (secondary N) is 1. The summed E-state index contributed by atoms with van der Waals surface area (Å²) in [6.07, 6.45) is 2.88. The van der Waals surface area contributed by atoms with Crippen molar-refractivity contribution in [3.8, 4) is 0 Å². The van der Waals surface area contributed by atoms with Crippen molar-refractivity contribution < 1.29 is 14.3 Å². The molecule has 2 saturated heterocycles. The fraction of sp³-hybridized carbons (Fsp3) is 0.647. The molecule has 140 valence electrons. The van der Waals surface area contributed by atoms with E-state index < -0.39 is 0 Å². The van der Waals surface area contributed by atoms with E-state index in [1.54, 1.807) is 0 Å². The second-order valence-corrected chi connectivity index (χ2v) is 7.83. The maximum atomic E-state index is 12.5. The van der Waals surface area contributed by atoms with Crippen molar-refractivity contribution in [2.75, 3.05) is 19.6 Å². The quantitative estimate of drug-likeness (QED) is 0.823. The molecule has 1 aromatic rings. The highest BCUT2D eigenvalue weighted by molar-refractivity contribution is 7.13. The van der Waals surface area contributed by atoms with E-state index in [-0.39, 0.29) is 42.5 Å². The average molecular weight is 388 g/mol. The molecule has 0 radical (unpaired) electrons. The summed E-state index contributed by atoms with van der Waals surface area (Å²) in [4.78, 5) is 28.4. The van der Waals surface area contributed by atoms with Crippen LogP contribution in [0.25, 0.3) is 0 Å². The molecule has 2 aliphatic heterocycles. The lowest BCUT2D eigenvalue weighted by molar-refractivity contribution is -0.143. The maximum Gasteiger partial charge on any atom is 0.261 e. The first-order chi connectivity index (χ1) is 11.6. The van der Waals surface area contributed by atoms with Crippen LogP contribution in [0.15, 0.2) is 12.1 Å². The Bertz CT molecular complexity index is 602. The highest BCUT2D eigenvalue weighted by Crippen LogP contribution is 2.23. The van der Waals surface area contributed by atoms with Crippen LogP contribution in [0.5, 0.6) is 0 Å². The van der Waals surface area contributed by atoms with E-state index in [1.807, 2.05) is 24.0 Å². The third kappa shape index (κ3) is 4.94. The molecule has 2 amide bonds. The van der Waals surface area contributed by atoms with Gasteiger partial charge in [-0.2, -0.15) is 0 Å². The first-order valence-electron chi connectivity index (χ1n) is 8.58. The number of piperidine rings is 1. The molecule has 2 atom stereocenters. The molecule has 8 heteroatoms. The summed E-state index contributed by atoms with van der Waals surface area (Å²) in [6.45, 7) is 3.80. The lowest BCUT2D eigenvalue weighted by Gasteiger charge is -2.33. The van der Waals surface area contributed by atoms with Gasteiger partial charge in [-0.05, 0) is 44.7 Å². The molecule has 2 fully saturated rings. The summed E-state index contributed by atoms with van der Waals surface area (Å²) in [7, 11) is 0. The fourth-order valence-corrected chi connectivity index (χ4v) is 4.09. The fourth-order valence-electron chi connectivity index (χ4n) is 3.32. The second-order valence-electron chi connectivity index (χ2n) is 6.54. The summed E-state index contributed by atoms with van der Waals surface area (Å²) in [6, 6.07) is 3.95. The number of hydrogen-bond acceptors (Lipinski definition) is 5. The minimum Gasteiger partial charge on any atom is -0.364 e. The Balaban J connectivity index is 0.00000225. The van der Waals surface area contributed by atoms with Crippen LogP contribution >= 0.6 is 23.7 Å². The van der Waals surface area contributed by atoms with Gasteiger partial charge >= 0.3 is 0 Å². The van der Waals surface area contributed by atoms with Gasteiger partial charge in [-0.1, -0.05) is 0 Å². The van der Waals surface area contributed by atoms with Crippen molar-refractivity contribution >= 4 is 35.6 Å². The van der Waals surface area contributed by atoms with Crippen molar-refractivity contribution in [2.45, 2.75) is 50.9 Å². The zero-order valence-corrected chi connectivity index (χ0v) is 16.0. The van der Waals surface area contributed by atoms with Gasteiger partial charge in [0.1, 0.15) is 6.10 Å². The first-order valence-corrected chi connectivity index (χ1v) is 9.40. The zero-order valence-electron chi connectivity index (χ0n) is 14.4. The second kappa shape index (κ2) is 8.98. The predicted octanol–water partition coefficient (Wildman–Crippen LogP) is 1.71. The summed E-state index contributed by atoms with van der Waals surface area (Å²) in [5.74, 6) is 0.0624. The molecule has 0 saturated carbocycles. The average Bonchev–Trinajstić information content (AvgIpc) is 3.23. The highest BCUT2D eigenvalue weighted by Gasteiger charge is 2.34. The van der Waals surface area contributed by atoms with Crippen LogP contribution in [0.4, 0.5) is 0 Å². The molecule has 3 N–H and O–H groups in total. The molecule has 0 unspecified atom stereocenters. The lowest BCUT2D eigenvalue weighted by atomic mass is 10.0. The summed E-state index contributed by atoms with van der Waals surface area (Å²) in [5, 5.41) is 3.08. The van der Waals surface area contributed by atoms with Gasteiger partial charge in [0.2, 0.25) is 0 Å². The van der Waals surface area contributed by atoms with Crippen LogP contribution in [0.3, 0.4) is 0 Å². The van der Waals surface area contributed by atoms with E-state index in [4.69, 9.17) is 10.5 Å². The van der Waals surface area contributed by atoms with Gasteiger partial charge in [-0.3, -0.25) is 9.59 Å². The number of carbonyl (C=O) groups is 2. The van der Waals surface area contributed by atoms with Crippen molar-refractivity contribution in [2.24, 2.45) is 5.73 Å². The zero-order chi connectivity index (χ0) is 17.1. The SMILES string of the molecule is Cc1ccc(C(=O)NC2CCN(C(=O)[C@@H]3CC[C@H](CN)O3)CC2)s1.Cl. The summed E-state index contributed by atoms with van der Waals surface area (Å²) < 4.78 is 5.69. The molecule has 6 nitrogen and oxygen atoms in total. The van der Waals surface area contributed by atoms with Gasteiger partial charge in [-0.25, -0.2) is 0 Å². The summed E-state index contributed by atoms with van der Waals surface area (Å²) in [5.41, 5.74) is 5.60. The van der Waals surface area contributed by atoms with Crippen molar-refractivity contribution in [3.05, 3.63) is 21.9 Å². The molecule has 25 heavy (non-hydrogen) atoms. The number of nitrogens with two attached hydrogens (primary N) is 1. The number of thiophene rings is 1. The van der Waals surface area contributed by atoms with Crippen LogP contribution < -0.4 is 11.1 Å². The van der Waals surface area contributed by atoms with Gasteiger partial charge < -0.3 is 20.7 Å². The Morgan fingerprint density at radius 3 is 2.56 bits per heavy atom. The third-order valence-corrected chi connectivity index (χ3v) is 5.75. The highest BCUT2D eigenvalue weighted by atomic mass is 35.5. The Labute approximate surface area is 158 Å². The van der Waals surface area contributed by atoms with Crippen molar-refractivity contribution in [3.63, 3.8) is 0 Å². The predicted molar refractivity (Wildman–Crippen MR) is 100 cm³/mol. The van der Waals surface area contributed by atoms with Crippen LogP contribution in [0, 0.1) is 6.92 Å². The van der Waals surface area contributed by atoms with Crippen molar-refractivity contribution in [1.29, 1.82) is 0 Å². The molecule has 2 aliphatic rings. The minimum absolute atomic E-state index is 0. The molecule has 0 spiro atoms. The Morgan fingerprint density at radius 1 is 1.28 bits per heavy atom. The Morgan fingerprint density at radius 2 is 2.00 bits per heavy atom. The number of hydrogen-bond donors (Lipinski definition) is 2. The molecular formula is C17H26ClN3O3S. The van der Waals surface area contributed by atoms with Crippen LogP contribution in [-0.4, -0.2) is 54.6 Å². The number of rotatable bonds is 4. The number of aryl methyl sites for hydroxylation is 1. The summed E-state index contributed by atoms with van der Waals surface area (Å²) >= 11 is 1.51. The van der Waals surface area contributed by atoms with E-state index in [1.165, 1.54) is 11.3 Å². The third-order valence-electron chi connectivity index (χ3n) is 4.75. The molecule has 3 heterocycles. The van der Waals surface area contributed by atoms with E-state index in [0.29, 0.717) is 19.6 Å². The molecule has 0 bridgehead atoms. The van der Waals surface area contributed by atoms with Gasteiger partial charge in [0.25, 0.3) is 11.8 Å². The standard InChI is InChI=1S/C17H25N3O3S.ClH/c1-11-2-5-15(24-11)16(21)19-12-6-8-20(9-7-12)17(22)14-4-3-13(10-18)23-14;/h2,5,12-14H,3-4,6-10,18H2,1H3,(H,19,21);1H/t13-,14+;/m1./s1. The van der Waals surface area contributed by atoms with E-state index >= 15 is 0 Å². The number of likely N-dealkylation sites (tertiary alicyclic amines) is 1. The Hall–Kier alpha value is -1.15. The van der Waals surface area contributed by atoms with E-state index in [0.717, 1.165) is 35.4 Å². The van der Waals surface area contributed by atoms with Crippen LogP contribution in [0.1, 0.15) is 40.2 Å². The maximum absolute atomic E-state index is 12.5. The van der Waals surface area contributed by atoms with E-state index in [9.17, 15) is 9.59 Å². The lowest BCUT2D eigenvalue weighted by Crippen LogP contribution is -2.49. The van der Waals surface area contributed by atoms with Gasteiger partial charge in [0.05, 0.1) is 11.0 Å². The van der Waals surface area contributed by atoms with Gasteiger partial charge in [0.15, 0.2) is 0 Å². The molecule has 0 aromatic carbocycles. The number of ether oxygens (including phenoxy) is 1. The normalized spacial score (nSPS) is 24.0. The number of nitrogens with zero attached hydrogens (tertiary/aromatic N) is 1. The number of halogens is 1. The minimum atomic E-state index is -0.334. The number of amides is 2. The van der Waals surface area contributed by atoms with Crippen LogP contribution in [0.2, 0.25) is 0 Å². The molecule has 0 aliphatic carbocycles.